The molecule has 0 aliphatic rings. The molecule has 0 saturated heterocycles. The van der Waals surface area contributed by atoms with Crippen molar-refractivity contribution < 1.29 is 23.9 Å². The Bertz CT molecular complexity index is 746. The van der Waals surface area contributed by atoms with Crippen molar-refractivity contribution in [3.8, 4) is 0 Å². The van der Waals surface area contributed by atoms with Crippen molar-refractivity contribution in [3.05, 3.63) is 34.8 Å². The SMILES string of the molecule is C=CC(=O)OCCOC(=O)CCCCCCCNC(=O)Nc1nc(C)cc(=O)[nH]1. The number of hydrogen-bond donors (Lipinski definition) is 3. The van der Waals surface area contributed by atoms with E-state index in [2.05, 4.69) is 27.2 Å². The minimum atomic E-state index is -0.546. The maximum Gasteiger partial charge on any atom is 0.330 e. The number of nitrogens with zero attached hydrogens (tertiary/aromatic N) is 1. The summed E-state index contributed by atoms with van der Waals surface area (Å²) in [5.41, 5.74) is 0.192. The van der Waals surface area contributed by atoms with Crippen LogP contribution >= 0.6 is 0 Å². The number of esters is 2. The van der Waals surface area contributed by atoms with Crippen molar-refractivity contribution in [2.24, 2.45) is 0 Å². The van der Waals surface area contributed by atoms with Crippen molar-refractivity contribution in [1.82, 2.24) is 15.3 Å². The predicted octanol–water partition coefficient (Wildman–Crippen LogP) is 1.81. The van der Waals surface area contributed by atoms with Crippen LogP contribution in [0.1, 0.15) is 44.2 Å². The number of nitrogens with one attached hydrogen (secondary N) is 3. The molecule has 0 spiro atoms. The van der Waals surface area contributed by atoms with Gasteiger partial charge in [0.25, 0.3) is 5.56 Å². The molecule has 10 nitrogen and oxygen atoms in total. The Labute approximate surface area is 169 Å². The quantitative estimate of drug-likeness (QED) is 0.257. The van der Waals surface area contributed by atoms with Gasteiger partial charge in [0, 0.05) is 30.8 Å². The highest BCUT2D eigenvalue weighted by atomic mass is 16.6. The van der Waals surface area contributed by atoms with E-state index in [0.29, 0.717) is 25.1 Å². The number of carbonyl (C=O) groups excluding carboxylic acids is 3. The molecule has 1 rings (SSSR count). The normalized spacial score (nSPS) is 10.1. The summed E-state index contributed by atoms with van der Waals surface area (Å²) in [6.45, 7) is 5.48. The van der Waals surface area contributed by atoms with Gasteiger partial charge in [-0.1, -0.05) is 25.8 Å². The molecule has 160 valence electrons. The molecular formula is C19H28N4O6. The number of ether oxygens (including phenoxy) is 2. The van der Waals surface area contributed by atoms with Crippen molar-refractivity contribution >= 4 is 23.9 Å². The highest BCUT2D eigenvalue weighted by molar-refractivity contribution is 5.87. The lowest BCUT2D eigenvalue weighted by molar-refractivity contribution is -0.149. The lowest BCUT2D eigenvalue weighted by Crippen LogP contribution is -2.31. The first-order chi connectivity index (χ1) is 13.9. The van der Waals surface area contributed by atoms with Gasteiger partial charge in [-0.2, -0.15) is 0 Å². The zero-order valence-electron chi connectivity index (χ0n) is 16.6. The predicted molar refractivity (Wildman–Crippen MR) is 106 cm³/mol. The van der Waals surface area contributed by atoms with Crippen molar-refractivity contribution in [1.29, 1.82) is 0 Å². The summed E-state index contributed by atoms with van der Waals surface area (Å²) in [4.78, 5) is 51.8. The minimum absolute atomic E-state index is 0.0210. The number of anilines is 1. The summed E-state index contributed by atoms with van der Waals surface area (Å²) < 4.78 is 9.63. The van der Waals surface area contributed by atoms with Crippen LogP contribution in [-0.2, 0) is 19.1 Å². The van der Waals surface area contributed by atoms with Gasteiger partial charge in [0.1, 0.15) is 13.2 Å². The van der Waals surface area contributed by atoms with E-state index in [-0.39, 0.29) is 30.7 Å². The fraction of sp³-hybridized carbons (Fsp3) is 0.526. The van der Waals surface area contributed by atoms with Gasteiger partial charge in [-0.25, -0.2) is 14.6 Å². The Morgan fingerprint density at radius 1 is 1.14 bits per heavy atom. The maximum atomic E-state index is 11.7. The third kappa shape index (κ3) is 12.0. The Kier molecular flexibility index (Phi) is 11.5. The lowest BCUT2D eigenvalue weighted by Gasteiger charge is -2.07. The second-order valence-electron chi connectivity index (χ2n) is 6.23. The van der Waals surface area contributed by atoms with E-state index >= 15 is 0 Å². The van der Waals surface area contributed by atoms with Crippen LogP contribution in [0.3, 0.4) is 0 Å². The molecule has 3 N–H and O–H groups in total. The number of carbonyl (C=O) groups is 3. The first-order valence-electron chi connectivity index (χ1n) is 9.48. The molecule has 0 bridgehead atoms. The molecule has 0 aromatic carbocycles. The van der Waals surface area contributed by atoms with Crippen LogP contribution in [0.4, 0.5) is 10.7 Å². The Morgan fingerprint density at radius 3 is 2.55 bits per heavy atom. The fourth-order valence-corrected chi connectivity index (χ4v) is 2.35. The first kappa shape index (κ1) is 23.9. The number of aryl methyl sites for hydroxylation is 1. The molecule has 1 aromatic rings. The number of H-pyrrole nitrogens is 1. The largest absolute Gasteiger partial charge is 0.462 e. The average molecular weight is 408 g/mol. The number of aromatic nitrogens is 2. The van der Waals surface area contributed by atoms with Crippen LogP contribution in [0, 0.1) is 6.92 Å². The van der Waals surface area contributed by atoms with Gasteiger partial charge in [0.2, 0.25) is 5.95 Å². The molecule has 2 amide bonds. The van der Waals surface area contributed by atoms with Gasteiger partial charge in [0.15, 0.2) is 0 Å². The molecule has 0 saturated carbocycles. The van der Waals surface area contributed by atoms with Gasteiger partial charge in [-0.3, -0.25) is 19.9 Å². The lowest BCUT2D eigenvalue weighted by atomic mass is 10.1. The van der Waals surface area contributed by atoms with Gasteiger partial charge < -0.3 is 14.8 Å². The van der Waals surface area contributed by atoms with Crippen LogP contribution in [-0.4, -0.2) is 47.7 Å². The molecule has 0 aliphatic heterocycles. The number of unbranched alkanes of at least 4 members (excludes halogenated alkanes) is 4. The van der Waals surface area contributed by atoms with Crippen LogP contribution in [0.5, 0.6) is 0 Å². The summed E-state index contributed by atoms with van der Waals surface area (Å²) in [5.74, 6) is -0.756. The highest BCUT2D eigenvalue weighted by Crippen LogP contribution is 2.06. The van der Waals surface area contributed by atoms with E-state index in [4.69, 9.17) is 9.47 Å². The van der Waals surface area contributed by atoms with E-state index in [9.17, 15) is 19.2 Å². The van der Waals surface area contributed by atoms with Crippen LogP contribution in [0.25, 0.3) is 0 Å². The number of rotatable bonds is 13. The number of urea groups is 1. The number of hydrogen-bond acceptors (Lipinski definition) is 7. The van der Waals surface area contributed by atoms with Gasteiger partial charge >= 0.3 is 18.0 Å². The summed E-state index contributed by atoms with van der Waals surface area (Å²) >= 11 is 0. The fourth-order valence-electron chi connectivity index (χ4n) is 2.35. The third-order valence-electron chi connectivity index (χ3n) is 3.70. The van der Waals surface area contributed by atoms with Crippen LogP contribution in [0.2, 0.25) is 0 Å². The molecule has 0 fully saturated rings. The molecule has 0 aliphatic carbocycles. The summed E-state index contributed by atoms with van der Waals surface area (Å²) in [7, 11) is 0. The topological polar surface area (TPSA) is 139 Å². The molecule has 1 aromatic heterocycles. The molecule has 1 heterocycles. The minimum Gasteiger partial charge on any atom is -0.462 e. The number of amides is 2. The summed E-state index contributed by atoms with van der Waals surface area (Å²) in [6, 6.07) is 0.907. The Hall–Kier alpha value is -3.17. The summed E-state index contributed by atoms with van der Waals surface area (Å²) in [6.07, 6.45) is 5.59. The standard InChI is InChI=1S/C19H28N4O6/c1-3-16(25)28-11-12-29-17(26)9-7-5-4-6-8-10-20-19(27)23-18-21-14(2)13-15(24)22-18/h3,13H,1,4-12H2,2H3,(H3,20,21,22,23,24,27). The average Bonchev–Trinajstić information content (AvgIpc) is 2.66. The van der Waals surface area contributed by atoms with Crippen molar-refractivity contribution in [3.63, 3.8) is 0 Å². The Morgan fingerprint density at radius 2 is 1.83 bits per heavy atom. The van der Waals surface area contributed by atoms with E-state index < -0.39 is 12.0 Å². The zero-order chi connectivity index (χ0) is 21.5. The van der Waals surface area contributed by atoms with E-state index in [1.807, 2.05) is 0 Å². The highest BCUT2D eigenvalue weighted by Gasteiger charge is 2.05. The smallest absolute Gasteiger partial charge is 0.330 e. The van der Waals surface area contributed by atoms with E-state index in [1.54, 1.807) is 6.92 Å². The number of aromatic amines is 1. The molecular weight excluding hydrogens is 380 g/mol. The van der Waals surface area contributed by atoms with Crippen molar-refractivity contribution in [2.45, 2.75) is 45.4 Å². The Balaban J connectivity index is 1.98. The maximum absolute atomic E-state index is 11.7. The van der Waals surface area contributed by atoms with Gasteiger partial charge in [-0.15, -0.1) is 0 Å². The molecule has 0 radical (unpaired) electrons. The molecule has 0 atom stereocenters. The molecule has 29 heavy (non-hydrogen) atoms. The van der Waals surface area contributed by atoms with Crippen LogP contribution in [0.15, 0.2) is 23.5 Å². The first-order valence-corrected chi connectivity index (χ1v) is 9.48. The summed E-state index contributed by atoms with van der Waals surface area (Å²) in [5, 5.41) is 5.17. The van der Waals surface area contributed by atoms with Crippen LogP contribution < -0.4 is 16.2 Å². The van der Waals surface area contributed by atoms with Crippen molar-refractivity contribution in [2.75, 3.05) is 25.1 Å². The second-order valence-corrected chi connectivity index (χ2v) is 6.23. The second kappa shape index (κ2) is 13.9. The zero-order valence-corrected chi connectivity index (χ0v) is 16.6. The molecule has 0 unspecified atom stereocenters. The van der Waals surface area contributed by atoms with Gasteiger partial charge in [-0.05, 0) is 19.8 Å². The van der Waals surface area contributed by atoms with E-state index in [0.717, 1.165) is 31.8 Å². The monoisotopic (exact) mass is 408 g/mol. The van der Waals surface area contributed by atoms with E-state index in [1.165, 1.54) is 6.07 Å². The third-order valence-corrected chi connectivity index (χ3v) is 3.70. The van der Waals surface area contributed by atoms with Gasteiger partial charge in [0.05, 0.1) is 0 Å². The molecule has 10 heteroatoms.